The van der Waals surface area contributed by atoms with Crippen molar-refractivity contribution in [3.05, 3.63) is 23.8 Å². The second kappa shape index (κ2) is 5.72. The van der Waals surface area contributed by atoms with Gasteiger partial charge in [0.15, 0.2) is 0 Å². The number of aliphatic hydroxyl groups excluding tert-OH is 1. The van der Waals surface area contributed by atoms with Crippen LogP contribution in [0.5, 0.6) is 11.5 Å². The summed E-state index contributed by atoms with van der Waals surface area (Å²) < 4.78 is 10.7. The van der Waals surface area contributed by atoms with Gasteiger partial charge in [0.2, 0.25) is 0 Å². The van der Waals surface area contributed by atoms with E-state index in [0.717, 1.165) is 11.3 Å². The van der Waals surface area contributed by atoms with Crippen LogP contribution in [0.25, 0.3) is 0 Å². The van der Waals surface area contributed by atoms with E-state index in [1.54, 1.807) is 20.1 Å². The van der Waals surface area contributed by atoms with Gasteiger partial charge in [-0.3, -0.25) is 0 Å². The maximum atomic E-state index is 9.37. The van der Waals surface area contributed by atoms with Gasteiger partial charge in [-0.15, -0.1) is 0 Å². The van der Waals surface area contributed by atoms with Gasteiger partial charge in [-0.25, -0.2) is 0 Å². The van der Waals surface area contributed by atoms with Crippen LogP contribution >= 0.6 is 0 Å². The van der Waals surface area contributed by atoms with Crippen LogP contribution in [0, 0.1) is 0 Å². The molecule has 0 radical (unpaired) electrons. The lowest BCUT2D eigenvalue weighted by atomic mass is 10.2. The van der Waals surface area contributed by atoms with Gasteiger partial charge in [-0.05, 0) is 32.0 Å². The topological polar surface area (TPSA) is 64.7 Å². The zero-order chi connectivity index (χ0) is 12.1. The van der Waals surface area contributed by atoms with Gasteiger partial charge in [-0.2, -0.15) is 0 Å². The van der Waals surface area contributed by atoms with Crippen molar-refractivity contribution in [3.63, 3.8) is 0 Å². The first kappa shape index (κ1) is 12.8. The van der Waals surface area contributed by atoms with Crippen LogP contribution < -0.4 is 15.2 Å². The molecule has 0 saturated carbocycles. The Kier molecular flexibility index (Phi) is 4.58. The van der Waals surface area contributed by atoms with E-state index in [2.05, 4.69) is 0 Å². The van der Waals surface area contributed by atoms with Crippen LogP contribution in [0.1, 0.15) is 19.4 Å². The summed E-state index contributed by atoms with van der Waals surface area (Å²) >= 11 is 0. The number of aliphatic hydroxyl groups is 1. The molecule has 0 spiro atoms. The predicted octanol–water partition coefficient (Wildman–Crippen LogP) is 1.30. The van der Waals surface area contributed by atoms with Gasteiger partial charge in [0.05, 0.1) is 13.2 Å². The van der Waals surface area contributed by atoms with Gasteiger partial charge in [-0.1, -0.05) is 0 Å². The quantitative estimate of drug-likeness (QED) is 0.792. The summed E-state index contributed by atoms with van der Waals surface area (Å²) in [6.45, 7) is 3.88. The van der Waals surface area contributed by atoms with Crippen LogP contribution in [-0.2, 0) is 6.54 Å². The van der Waals surface area contributed by atoms with Crippen molar-refractivity contribution >= 4 is 0 Å². The second-order valence-electron chi connectivity index (χ2n) is 3.74. The highest BCUT2D eigenvalue weighted by molar-refractivity contribution is 5.40. The van der Waals surface area contributed by atoms with Crippen molar-refractivity contribution in [3.8, 4) is 11.5 Å². The van der Waals surface area contributed by atoms with E-state index in [9.17, 15) is 5.11 Å². The third kappa shape index (κ3) is 3.12. The summed E-state index contributed by atoms with van der Waals surface area (Å²) in [7, 11) is 1.61. The Labute approximate surface area is 96.0 Å². The highest BCUT2D eigenvalue weighted by atomic mass is 16.5. The fourth-order valence-corrected chi connectivity index (χ4v) is 1.26. The van der Waals surface area contributed by atoms with Crippen molar-refractivity contribution < 1.29 is 14.6 Å². The summed E-state index contributed by atoms with van der Waals surface area (Å²) in [4.78, 5) is 0. The monoisotopic (exact) mass is 225 g/mol. The first-order valence-corrected chi connectivity index (χ1v) is 5.30. The minimum atomic E-state index is -0.521. The molecule has 16 heavy (non-hydrogen) atoms. The minimum Gasteiger partial charge on any atom is -0.497 e. The molecular formula is C12H19NO3. The molecule has 0 amide bonds. The average Bonchev–Trinajstić information content (AvgIpc) is 2.29. The summed E-state index contributed by atoms with van der Waals surface area (Å²) in [5.74, 6) is 1.44. The molecule has 3 N–H and O–H groups in total. The van der Waals surface area contributed by atoms with E-state index in [1.165, 1.54) is 0 Å². The Morgan fingerprint density at radius 2 is 2.06 bits per heavy atom. The van der Waals surface area contributed by atoms with Gasteiger partial charge >= 0.3 is 0 Å². The Hall–Kier alpha value is -1.26. The van der Waals surface area contributed by atoms with Gasteiger partial charge in [0.1, 0.15) is 17.6 Å². The van der Waals surface area contributed by atoms with Crippen molar-refractivity contribution in [1.29, 1.82) is 0 Å². The molecule has 0 bridgehead atoms. The summed E-state index contributed by atoms with van der Waals surface area (Å²) in [5.41, 5.74) is 6.50. The largest absolute Gasteiger partial charge is 0.497 e. The van der Waals surface area contributed by atoms with Crippen LogP contribution in [0.4, 0.5) is 0 Å². The summed E-state index contributed by atoms with van der Waals surface area (Å²) in [6.07, 6.45) is -0.786. The molecule has 0 aliphatic heterocycles. The average molecular weight is 225 g/mol. The van der Waals surface area contributed by atoms with E-state index in [-0.39, 0.29) is 6.10 Å². The number of ether oxygens (including phenoxy) is 2. The van der Waals surface area contributed by atoms with Gasteiger partial charge in [0.25, 0.3) is 0 Å². The van der Waals surface area contributed by atoms with Crippen molar-refractivity contribution in [2.24, 2.45) is 5.73 Å². The number of methoxy groups -OCH3 is 1. The molecule has 1 aromatic carbocycles. The van der Waals surface area contributed by atoms with Crippen molar-refractivity contribution in [2.45, 2.75) is 32.6 Å². The highest BCUT2D eigenvalue weighted by Crippen LogP contribution is 2.25. The summed E-state index contributed by atoms with van der Waals surface area (Å²) in [5, 5.41) is 9.37. The second-order valence-corrected chi connectivity index (χ2v) is 3.74. The lowest BCUT2D eigenvalue weighted by molar-refractivity contribution is 0.0598. The lowest BCUT2D eigenvalue weighted by Gasteiger charge is -2.19. The van der Waals surface area contributed by atoms with E-state index >= 15 is 0 Å². The lowest BCUT2D eigenvalue weighted by Crippen LogP contribution is -2.26. The maximum Gasteiger partial charge on any atom is 0.124 e. The summed E-state index contributed by atoms with van der Waals surface area (Å²) in [6, 6.07) is 5.45. The zero-order valence-electron chi connectivity index (χ0n) is 9.93. The standard InChI is InChI=1S/C12H19NO3/c1-8(14)9(2)16-12-5-4-11(15-3)6-10(12)7-13/h4-6,8-9,14H,7,13H2,1-3H3. The Balaban J connectivity index is 2.87. The SMILES string of the molecule is COc1ccc(OC(C)C(C)O)c(CN)c1. The number of hydrogen-bond acceptors (Lipinski definition) is 4. The van der Waals surface area contributed by atoms with Crippen molar-refractivity contribution in [2.75, 3.05) is 7.11 Å². The van der Waals surface area contributed by atoms with E-state index in [1.807, 2.05) is 19.1 Å². The highest BCUT2D eigenvalue weighted by Gasteiger charge is 2.12. The molecular weight excluding hydrogens is 206 g/mol. The first-order chi connectivity index (χ1) is 7.58. The zero-order valence-corrected chi connectivity index (χ0v) is 9.93. The maximum absolute atomic E-state index is 9.37. The molecule has 0 saturated heterocycles. The molecule has 1 rings (SSSR count). The number of hydrogen-bond donors (Lipinski definition) is 2. The van der Waals surface area contributed by atoms with Crippen LogP contribution in [0.2, 0.25) is 0 Å². The number of benzene rings is 1. The van der Waals surface area contributed by atoms with Crippen molar-refractivity contribution in [1.82, 2.24) is 0 Å². The normalized spacial score (nSPS) is 14.3. The fraction of sp³-hybridized carbons (Fsp3) is 0.500. The van der Waals surface area contributed by atoms with E-state index in [0.29, 0.717) is 12.3 Å². The molecule has 2 unspecified atom stereocenters. The van der Waals surface area contributed by atoms with Crippen LogP contribution in [0.15, 0.2) is 18.2 Å². The van der Waals surface area contributed by atoms with E-state index < -0.39 is 6.10 Å². The molecule has 0 aliphatic carbocycles. The first-order valence-electron chi connectivity index (χ1n) is 5.30. The Morgan fingerprint density at radius 1 is 1.38 bits per heavy atom. The van der Waals surface area contributed by atoms with Crippen LogP contribution in [-0.4, -0.2) is 24.4 Å². The molecule has 1 aromatic rings. The number of rotatable bonds is 5. The van der Waals surface area contributed by atoms with Gasteiger partial charge < -0.3 is 20.3 Å². The van der Waals surface area contributed by atoms with E-state index in [4.69, 9.17) is 15.2 Å². The third-order valence-electron chi connectivity index (χ3n) is 2.48. The molecule has 90 valence electrons. The molecule has 2 atom stereocenters. The molecule has 0 aliphatic rings. The van der Waals surface area contributed by atoms with Crippen LogP contribution in [0.3, 0.4) is 0 Å². The molecule has 4 heteroatoms. The molecule has 0 heterocycles. The minimum absolute atomic E-state index is 0.265. The Bertz CT molecular complexity index is 339. The molecule has 4 nitrogen and oxygen atoms in total. The fourth-order valence-electron chi connectivity index (χ4n) is 1.26. The van der Waals surface area contributed by atoms with Gasteiger partial charge in [0, 0.05) is 12.1 Å². The molecule has 0 fully saturated rings. The third-order valence-corrected chi connectivity index (χ3v) is 2.48. The number of nitrogens with two attached hydrogens (primary N) is 1. The Morgan fingerprint density at radius 3 is 2.56 bits per heavy atom. The smallest absolute Gasteiger partial charge is 0.124 e. The predicted molar refractivity (Wildman–Crippen MR) is 62.7 cm³/mol. The molecule has 0 aromatic heterocycles.